The number of fused-ring (bicyclic) bond motifs is 1. The van der Waals surface area contributed by atoms with E-state index < -0.39 is 0 Å². The number of carbonyl (C=O) groups is 1. The average Bonchev–Trinajstić information content (AvgIpc) is 3.22. The van der Waals surface area contributed by atoms with Crippen LogP contribution in [0.25, 0.3) is 0 Å². The van der Waals surface area contributed by atoms with Gasteiger partial charge in [-0.25, -0.2) is 0 Å². The summed E-state index contributed by atoms with van der Waals surface area (Å²) in [5.41, 5.74) is 7.24. The third kappa shape index (κ3) is 4.65. The van der Waals surface area contributed by atoms with Crippen molar-refractivity contribution in [2.45, 2.75) is 25.9 Å². The van der Waals surface area contributed by atoms with Gasteiger partial charge >= 0.3 is 0 Å². The van der Waals surface area contributed by atoms with Crippen LogP contribution >= 0.6 is 0 Å². The molecular weight excluding hydrogens is 414 g/mol. The Morgan fingerprint density at radius 1 is 1.03 bits per heavy atom. The van der Waals surface area contributed by atoms with Crippen LogP contribution in [-0.4, -0.2) is 31.5 Å². The van der Waals surface area contributed by atoms with Crippen LogP contribution in [0.15, 0.2) is 83.1 Å². The number of hydrogen-bond acceptors (Lipinski definition) is 5. The van der Waals surface area contributed by atoms with Crippen LogP contribution in [0, 0.1) is 6.92 Å². The number of likely N-dealkylation sites (N-methyl/N-ethyl adjacent to an activating group) is 1. The summed E-state index contributed by atoms with van der Waals surface area (Å²) in [7, 11) is 2.98. The second kappa shape index (κ2) is 10.1. The Morgan fingerprint density at radius 2 is 1.79 bits per heavy atom. The molecule has 0 bridgehead atoms. The molecule has 1 N–H and O–H groups in total. The Kier molecular flexibility index (Phi) is 6.83. The first-order valence-electron chi connectivity index (χ1n) is 10.9. The SMILES string of the molecule is CNC(=O)/C(=N/OC)c1cccc(C)c1CO/N=C1\CC(c2ccccc2)c2ccccc21. The number of benzene rings is 3. The molecule has 3 aromatic rings. The Bertz CT molecular complexity index is 1200. The smallest absolute Gasteiger partial charge is 0.273 e. The zero-order valence-corrected chi connectivity index (χ0v) is 19.0. The molecule has 0 aliphatic heterocycles. The molecular formula is C27H27N3O3. The molecule has 0 saturated heterocycles. The molecule has 0 radical (unpaired) electrons. The van der Waals surface area contributed by atoms with Crippen LogP contribution in [0.5, 0.6) is 0 Å². The van der Waals surface area contributed by atoms with Gasteiger partial charge < -0.3 is 15.0 Å². The lowest BCUT2D eigenvalue weighted by Gasteiger charge is -2.13. The molecule has 1 amide bonds. The zero-order chi connectivity index (χ0) is 23.2. The number of rotatable bonds is 7. The Hall–Kier alpha value is -3.93. The molecule has 1 atom stereocenters. The minimum atomic E-state index is -0.328. The highest BCUT2D eigenvalue weighted by Gasteiger charge is 2.29. The van der Waals surface area contributed by atoms with E-state index in [0.717, 1.165) is 28.8 Å². The fourth-order valence-corrected chi connectivity index (χ4v) is 4.26. The van der Waals surface area contributed by atoms with Crippen molar-refractivity contribution in [1.82, 2.24) is 5.32 Å². The number of carbonyl (C=O) groups excluding carboxylic acids is 1. The molecule has 6 nitrogen and oxygen atoms in total. The second-order valence-corrected chi connectivity index (χ2v) is 7.87. The molecule has 1 aliphatic rings. The van der Waals surface area contributed by atoms with Gasteiger partial charge in [0, 0.05) is 36.1 Å². The van der Waals surface area contributed by atoms with E-state index in [1.807, 2.05) is 37.3 Å². The molecule has 1 unspecified atom stereocenters. The van der Waals surface area contributed by atoms with E-state index in [-0.39, 0.29) is 24.1 Å². The molecule has 0 heterocycles. The Labute approximate surface area is 193 Å². The zero-order valence-electron chi connectivity index (χ0n) is 19.0. The van der Waals surface area contributed by atoms with E-state index in [1.165, 1.54) is 18.2 Å². The van der Waals surface area contributed by atoms with E-state index in [2.05, 4.69) is 58.1 Å². The maximum absolute atomic E-state index is 12.4. The van der Waals surface area contributed by atoms with Crippen LogP contribution in [0.2, 0.25) is 0 Å². The number of aryl methyl sites for hydroxylation is 1. The van der Waals surface area contributed by atoms with Crippen LogP contribution in [0.1, 0.15) is 45.7 Å². The predicted molar refractivity (Wildman–Crippen MR) is 129 cm³/mol. The van der Waals surface area contributed by atoms with Gasteiger partial charge in [0.05, 0.1) is 5.71 Å². The molecule has 0 spiro atoms. The summed E-state index contributed by atoms with van der Waals surface area (Å²) in [5.74, 6) is -0.0714. The van der Waals surface area contributed by atoms with Gasteiger partial charge in [-0.3, -0.25) is 4.79 Å². The molecule has 4 rings (SSSR count). The van der Waals surface area contributed by atoms with Gasteiger partial charge in [0.15, 0.2) is 5.71 Å². The van der Waals surface area contributed by atoms with E-state index in [1.54, 1.807) is 7.05 Å². The number of nitrogens with zero attached hydrogens (tertiary/aromatic N) is 2. The van der Waals surface area contributed by atoms with Crippen molar-refractivity contribution in [2.75, 3.05) is 14.2 Å². The summed E-state index contributed by atoms with van der Waals surface area (Å²) < 4.78 is 0. The first kappa shape index (κ1) is 22.3. The minimum absolute atomic E-state index is 0.199. The van der Waals surface area contributed by atoms with Gasteiger partial charge in [0.25, 0.3) is 5.91 Å². The highest BCUT2D eigenvalue weighted by atomic mass is 16.6. The lowest BCUT2D eigenvalue weighted by molar-refractivity contribution is -0.114. The van der Waals surface area contributed by atoms with Crippen molar-refractivity contribution in [3.63, 3.8) is 0 Å². The fraction of sp³-hybridized carbons (Fsp3) is 0.222. The fourth-order valence-electron chi connectivity index (χ4n) is 4.26. The number of oxime groups is 2. The summed E-state index contributed by atoms with van der Waals surface area (Å²) in [6.07, 6.45) is 0.776. The largest absolute Gasteiger partial charge is 0.398 e. The third-order valence-electron chi connectivity index (χ3n) is 5.92. The molecule has 0 aromatic heterocycles. The number of hydrogen-bond donors (Lipinski definition) is 1. The van der Waals surface area contributed by atoms with Gasteiger partial charge in [-0.2, -0.15) is 0 Å². The quantitative estimate of drug-likeness (QED) is 0.432. The first-order chi connectivity index (χ1) is 16.1. The summed E-state index contributed by atoms with van der Waals surface area (Å²) in [6.45, 7) is 2.18. The highest BCUT2D eigenvalue weighted by Crippen LogP contribution is 2.38. The molecule has 1 aliphatic carbocycles. The van der Waals surface area contributed by atoms with Gasteiger partial charge in [-0.05, 0) is 23.6 Å². The first-order valence-corrected chi connectivity index (χ1v) is 10.9. The Balaban J connectivity index is 1.61. The van der Waals surface area contributed by atoms with Gasteiger partial charge in [-0.15, -0.1) is 0 Å². The lowest BCUT2D eigenvalue weighted by atomic mass is 9.93. The van der Waals surface area contributed by atoms with Crippen molar-refractivity contribution in [1.29, 1.82) is 0 Å². The normalized spacial score (nSPS) is 16.4. The molecule has 3 aromatic carbocycles. The average molecular weight is 442 g/mol. The highest BCUT2D eigenvalue weighted by molar-refractivity contribution is 6.45. The predicted octanol–water partition coefficient (Wildman–Crippen LogP) is 4.55. The van der Waals surface area contributed by atoms with Crippen LogP contribution in [-0.2, 0) is 21.1 Å². The minimum Gasteiger partial charge on any atom is -0.398 e. The second-order valence-electron chi connectivity index (χ2n) is 7.87. The molecule has 6 heteroatoms. The standard InChI is InChI=1S/C27H27N3O3/c1-18-10-9-15-22(26(30-32-3)27(31)28-2)24(18)17-33-29-25-16-23(19-11-5-4-6-12-19)20-13-7-8-14-21(20)25/h4-15,23H,16-17H2,1-3H3,(H,28,31)/b29-25+,30-26+. The monoisotopic (exact) mass is 441 g/mol. The van der Waals surface area contributed by atoms with Crippen LogP contribution in [0.4, 0.5) is 0 Å². The molecule has 0 saturated carbocycles. The summed E-state index contributed by atoms with van der Waals surface area (Å²) in [4.78, 5) is 23.1. The summed E-state index contributed by atoms with van der Waals surface area (Å²) >= 11 is 0. The van der Waals surface area contributed by atoms with Gasteiger partial charge in [-0.1, -0.05) is 83.1 Å². The maximum Gasteiger partial charge on any atom is 0.273 e. The molecule has 0 fully saturated rings. The van der Waals surface area contributed by atoms with Crippen molar-refractivity contribution in [3.05, 3.63) is 106 Å². The summed E-state index contributed by atoms with van der Waals surface area (Å²) in [5, 5.41) is 11.1. The van der Waals surface area contributed by atoms with Gasteiger partial charge in [0.2, 0.25) is 0 Å². The Morgan fingerprint density at radius 3 is 2.55 bits per heavy atom. The number of amides is 1. The van der Waals surface area contributed by atoms with Crippen LogP contribution in [0.3, 0.4) is 0 Å². The van der Waals surface area contributed by atoms with Crippen molar-refractivity contribution in [2.24, 2.45) is 10.3 Å². The van der Waals surface area contributed by atoms with Crippen molar-refractivity contribution >= 4 is 17.3 Å². The van der Waals surface area contributed by atoms with Crippen molar-refractivity contribution < 1.29 is 14.5 Å². The molecule has 33 heavy (non-hydrogen) atoms. The van der Waals surface area contributed by atoms with Crippen LogP contribution < -0.4 is 5.32 Å². The van der Waals surface area contributed by atoms with E-state index in [9.17, 15) is 4.79 Å². The van der Waals surface area contributed by atoms with Gasteiger partial charge in [0.1, 0.15) is 13.7 Å². The third-order valence-corrected chi connectivity index (χ3v) is 5.92. The lowest BCUT2D eigenvalue weighted by Crippen LogP contribution is -2.29. The number of nitrogens with one attached hydrogen (secondary N) is 1. The van der Waals surface area contributed by atoms with Crippen molar-refractivity contribution in [3.8, 4) is 0 Å². The van der Waals surface area contributed by atoms with E-state index in [4.69, 9.17) is 9.68 Å². The summed E-state index contributed by atoms with van der Waals surface area (Å²) in [6, 6.07) is 24.5. The maximum atomic E-state index is 12.4. The molecule has 168 valence electrons. The van der Waals surface area contributed by atoms with E-state index >= 15 is 0 Å². The topological polar surface area (TPSA) is 72.3 Å². The van der Waals surface area contributed by atoms with E-state index in [0.29, 0.717) is 5.56 Å².